The van der Waals surface area contributed by atoms with Crippen LogP contribution in [0, 0.1) is 5.92 Å². The van der Waals surface area contributed by atoms with Crippen LogP contribution in [0.1, 0.15) is 23.2 Å². The minimum atomic E-state index is 0.0347. The van der Waals surface area contributed by atoms with Crippen molar-refractivity contribution in [1.29, 1.82) is 0 Å². The first kappa shape index (κ1) is 12.1. The summed E-state index contributed by atoms with van der Waals surface area (Å²) < 4.78 is 0.997. The molecule has 1 aromatic heterocycles. The largest absolute Gasteiger partial charge is 0.352 e. The van der Waals surface area contributed by atoms with Crippen molar-refractivity contribution in [2.45, 2.75) is 12.8 Å². The van der Waals surface area contributed by atoms with Gasteiger partial charge in [0, 0.05) is 11.9 Å². The lowest BCUT2D eigenvalue weighted by molar-refractivity contribution is 0.0945. The molecule has 0 radical (unpaired) electrons. The van der Waals surface area contributed by atoms with Crippen LogP contribution < -0.4 is 10.6 Å². The van der Waals surface area contributed by atoms with Gasteiger partial charge in [0.05, 0.1) is 9.35 Å². The highest BCUT2D eigenvalue weighted by Crippen LogP contribution is 2.20. The highest BCUT2D eigenvalue weighted by Gasteiger charge is 2.14. The van der Waals surface area contributed by atoms with Crippen molar-refractivity contribution in [2.24, 2.45) is 5.92 Å². The minimum Gasteiger partial charge on any atom is -0.352 e. The van der Waals surface area contributed by atoms with E-state index in [1.807, 2.05) is 11.4 Å². The maximum Gasteiger partial charge on any atom is 0.252 e. The molecule has 16 heavy (non-hydrogen) atoms. The maximum absolute atomic E-state index is 11.8. The van der Waals surface area contributed by atoms with E-state index in [-0.39, 0.29) is 5.91 Å². The molecule has 2 rings (SSSR count). The normalized spacial score (nSPS) is 20.7. The number of halogens is 1. The van der Waals surface area contributed by atoms with Crippen LogP contribution in [0.2, 0.25) is 0 Å². The molecule has 1 aliphatic heterocycles. The molecule has 0 aromatic carbocycles. The van der Waals surface area contributed by atoms with Gasteiger partial charge in [-0.1, -0.05) is 0 Å². The van der Waals surface area contributed by atoms with Crippen LogP contribution in [0.25, 0.3) is 0 Å². The van der Waals surface area contributed by atoms with Crippen LogP contribution in [-0.2, 0) is 0 Å². The standard InChI is InChI=1S/C11H15BrN2OS/c12-10-4-9(7-16-10)11(15)14-6-8-2-1-3-13-5-8/h4,7-8,13H,1-3,5-6H2,(H,14,15). The van der Waals surface area contributed by atoms with Gasteiger partial charge in [-0.15, -0.1) is 11.3 Å². The van der Waals surface area contributed by atoms with Gasteiger partial charge in [-0.25, -0.2) is 0 Å². The van der Waals surface area contributed by atoms with Gasteiger partial charge < -0.3 is 10.6 Å². The third-order valence-corrected chi connectivity index (χ3v) is 4.28. The monoisotopic (exact) mass is 302 g/mol. The molecule has 2 N–H and O–H groups in total. The summed E-state index contributed by atoms with van der Waals surface area (Å²) in [6, 6.07) is 1.86. The second kappa shape index (κ2) is 5.80. The Labute approximate surface area is 108 Å². The molecule has 3 nitrogen and oxygen atoms in total. The molecule has 5 heteroatoms. The Morgan fingerprint density at radius 2 is 2.56 bits per heavy atom. The van der Waals surface area contributed by atoms with Gasteiger partial charge in [0.1, 0.15) is 0 Å². The Balaban J connectivity index is 1.79. The average molecular weight is 303 g/mol. The summed E-state index contributed by atoms with van der Waals surface area (Å²) in [6.45, 7) is 2.91. The van der Waals surface area contributed by atoms with Crippen molar-refractivity contribution in [1.82, 2.24) is 10.6 Å². The number of carbonyl (C=O) groups is 1. The zero-order valence-corrected chi connectivity index (χ0v) is 11.4. The summed E-state index contributed by atoms with van der Waals surface area (Å²) in [4.78, 5) is 11.8. The van der Waals surface area contributed by atoms with E-state index in [9.17, 15) is 4.79 Å². The fourth-order valence-electron chi connectivity index (χ4n) is 1.87. The summed E-state index contributed by atoms with van der Waals surface area (Å²) in [6.07, 6.45) is 2.42. The van der Waals surface area contributed by atoms with Crippen LogP contribution in [0.4, 0.5) is 0 Å². The van der Waals surface area contributed by atoms with E-state index in [1.165, 1.54) is 24.2 Å². The maximum atomic E-state index is 11.8. The number of nitrogens with one attached hydrogen (secondary N) is 2. The molecule has 0 saturated carbocycles. The molecule has 0 spiro atoms. The van der Waals surface area contributed by atoms with E-state index in [0.717, 1.165) is 29.0 Å². The zero-order chi connectivity index (χ0) is 11.4. The Bertz CT molecular complexity index is 361. The van der Waals surface area contributed by atoms with Crippen molar-refractivity contribution in [3.8, 4) is 0 Å². The fourth-order valence-corrected chi connectivity index (χ4v) is 3.00. The molecule has 1 unspecified atom stereocenters. The van der Waals surface area contributed by atoms with E-state index in [0.29, 0.717) is 5.92 Å². The molecular weight excluding hydrogens is 288 g/mol. The van der Waals surface area contributed by atoms with Gasteiger partial charge in [-0.05, 0) is 53.8 Å². The van der Waals surface area contributed by atoms with E-state index in [1.54, 1.807) is 0 Å². The predicted molar refractivity (Wildman–Crippen MR) is 69.9 cm³/mol. The summed E-state index contributed by atoms with van der Waals surface area (Å²) in [5.41, 5.74) is 0.751. The molecule has 1 aromatic rings. The molecule has 1 amide bonds. The number of hydrogen-bond donors (Lipinski definition) is 2. The summed E-state index contributed by atoms with van der Waals surface area (Å²) >= 11 is 4.89. The molecule has 1 fully saturated rings. The molecule has 88 valence electrons. The van der Waals surface area contributed by atoms with Crippen LogP contribution in [0.15, 0.2) is 15.2 Å². The Morgan fingerprint density at radius 3 is 3.19 bits per heavy atom. The second-order valence-corrected chi connectivity index (χ2v) is 6.35. The number of amides is 1. The lowest BCUT2D eigenvalue weighted by Crippen LogP contribution is -2.38. The molecule has 1 atom stereocenters. The van der Waals surface area contributed by atoms with E-state index >= 15 is 0 Å². The van der Waals surface area contributed by atoms with E-state index < -0.39 is 0 Å². The lowest BCUT2D eigenvalue weighted by atomic mass is 10.00. The Hall–Kier alpha value is -0.390. The number of carbonyl (C=O) groups excluding carboxylic acids is 1. The van der Waals surface area contributed by atoms with Crippen LogP contribution in [-0.4, -0.2) is 25.5 Å². The number of rotatable bonds is 3. The number of thiophene rings is 1. The van der Waals surface area contributed by atoms with E-state index in [2.05, 4.69) is 26.6 Å². The average Bonchev–Trinajstić information content (AvgIpc) is 2.74. The smallest absolute Gasteiger partial charge is 0.252 e. The van der Waals surface area contributed by atoms with Gasteiger partial charge in [0.2, 0.25) is 0 Å². The van der Waals surface area contributed by atoms with Crippen molar-refractivity contribution in [3.63, 3.8) is 0 Å². The Kier molecular flexibility index (Phi) is 4.37. The van der Waals surface area contributed by atoms with Gasteiger partial charge in [-0.3, -0.25) is 4.79 Å². The van der Waals surface area contributed by atoms with Gasteiger partial charge in [-0.2, -0.15) is 0 Å². The summed E-state index contributed by atoms with van der Waals surface area (Å²) in [5, 5.41) is 8.21. The molecular formula is C11H15BrN2OS. The first-order valence-electron chi connectivity index (χ1n) is 5.48. The second-order valence-electron chi connectivity index (χ2n) is 4.06. The molecule has 2 heterocycles. The van der Waals surface area contributed by atoms with Crippen LogP contribution >= 0.6 is 27.3 Å². The quantitative estimate of drug-likeness (QED) is 0.899. The van der Waals surface area contributed by atoms with Crippen LogP contribution in [0.5, 0.6) is 0 Å². The van der Waals surface area contributed by atoms with Gasteiger partial charge in [0.25, 0.3) is 5.91 Å². The topological polar surface area (TPSA) is 41.1 Å². The highest BCUT2D eigenvalue weighted by molar-refractivity contribution is 9.11. The van der Waals surface area contributed by atoms with Gasteiger partial charge in [0.15, 0.2) is 0 Å². The summed E-state index contributed by atoms with van der Waals surface area (Å²) in [7, 11) is 0. The first-order valence-corrected chi connectivity index (χ1v) is 7.16. The molecule has 0 aliphatic carbocycles. The SMILES string of the molecule is O=C(NCC1CCCNC1)c1csc(Br)c1. The zero-order valence-electron chi connectivity index (χ0n) is 8.96. The third kappa shape index (κ3) is 3.30. The number of hydrogen-bond acceptors (Lipinski definition) is 3. The molecule has 1 aliphatic rings. The van der Waals surface area contributed by atoms with Gasteiger partial charge >= 0.3 is 0 Å². The lowest BCUT2D eigenvalue weighted by Gasteiger charge is -2.22. The Morgan fingerprint density at radius 1 is 1.69 bits per heavy atom. The summed E-state index contributed by atoms with van der Waals surface area (Å²) in [5.74, 6) is 0.618. The first-order chi connectivity index (χ1) is 7.75. The fraction of sp³-hybridized carbons (Fsp3) is 0.545. The van der Waals surface area contributed by atoms with Crippen molar-refractivity contribution in [3.05, 3.63) is 20.8 Å². The third-order valence-electron chi connectivity index (χ3n) is 2.78. The molecule has 1 saturated heterocycles. The van der Waals surface area contributed by atoms with Crippen molar-refractivity contribution >= 4 is 33.2 Å². The predicted octanol–water partition coefficient (Wildman–Crippen LogP) is 2.24. The van der Waals surface area contributed by atoms with E-state index in [4.69, 9.17) is 0 Å². The molecule has 0 bridgehead atoms. The van der Waals surface area contributed by atoms with Crippen molar-refractivity contribution in [2.75, 3.05) is 19.6 Å². The number of piperidine rings is 1. The minimum absolute atomic E-state index is 0.0347. The van der Waals surface area contributed by atoms with Crippen LogP contribution in [0.3, 0.4) is 0 Å². The highest BCUT2D eigenvalue weighted by atomic mass is 79.9. The van der Waals surface area contributed by atoms with Crippen molar-refractivity contribution < 1.29 is 4.79 Å².